The third kappa shape index (κ3) is 5.41. The van der Waals surface area contributed by atoms with Crippen LogP contribution in [0.3, 0.4) is 0 Å². The molecule has 7 nitrogen and oxygen atoms in total. The van der Waals surface area contributed by atoms with Crippen molar-refractivity contribution in [2.45, 2.75) is 37.1 Å². The summed E-state index contributed by atoms with van der Waals surface area (Å²) in [5, 5.41) is 3.05. The minimum Gasteiger partial charge on any atom is -0.355 e. The van der Waals surface area contributed by atoms with Crippen LogP contribution in [0.2, 0.25) is 0 Å². The molecule has 1 aromatic heterocycles. The van der Waals surface area contributed by atoms with Gasteiger partial charge in [0.15, 0.2) is 0 Å². The van der Waals surface area contributed by atoms with E-state index in [0.29, 0.717) is 37.0 Å². The van der Waals surface area contributed by atoms with E-state index < -0.39 is 10.0 Å². The standard InChI is InChI=1S/C23H26FN5O2S/c1-2-3-17-4-10-21(11-5-17)32(30,31)28-20-13-15-29(16-20)22-12-14-25-23(27-22)26-19-8-6-18(24)7-9-19/h4-12,14,20,28H,2-3,13,15-16H2,1H3,(H,25,26,27). The number of hydrogen-bond acceptors (Lipinski definition) is 6. The minimum absolute atomic E-state index is 0.209. The van der Waals surface area contributed by atoms with Gasteiger partial charge >= 0.3 is 0 Å². The van der Waals surface area contributed by atoms with Crippen LogP contribution in [0.4, 0.5) is 21.8 Å². The Morgan fingerprint density at radius 1 is 1.09 bits per heavy atom. The number of anilines is 3. The van der Waals surface area contributed by atoms with Gasteiger partial charge in [0.25, 0.3) is 0 Å². The number of benzene rings is 2. The predicted molar refractivity (Wildman–Crippen MR) is 123 cm³/mol. The molecule has 0 radical (unpaired) electrons. The van der Waals surface area contributed by atoms with Gasteiger partial charge in [-0.3, -0.25) is 0 Å². The van der Waals surface area contributed by atoms with Crippen LogP contribution in [-0.4, -0.2) is 37.5 Å². The Kier molecular flexibility index (Phi) is 6.66. The summed E-state index contributed by atoms with van der Waals surface area (Å²) < 4.78 is 41.5. The third-order valence-corrected chi connectivity index (χ3v) is 6.88. The molecule has 0 aliphatic carbocycles. The van der Waals surface area contributed by atoms with E-state index in [4.69, 9.17) is 0 Å². The first kappa shape index (κ1) is 22.2. The van der Waals surface area contributed by atoms with Gasteiger partial charge in [0, 0.05) is 31.0 Å². The van der Waals surface area contributed by atoms with Crippen LogP contribution in [0.25, 0.3) is 0 Å². The van der Waals surface area contributed by atoms with Crippen molar-refractivity contribution in [1.82, 2.24) is 14.7 Å². The van der Waals surface area contributed by atoms with Gasteiger partial charge < -0.3 is 10.2 Å². The Bertz CT molecular complexity index is 1150. The molecule has 1 aliphatic rings. The van der Waals surface area contributed by atoms with E-state index in [0.717, 1.165) is 18.4 Å². The lowest BCUT2D eigenvalue weighted by Gasteiger charge is -2.18. The van der Waals surface area contributed by atoms with Gasteiger partial charge in [-0.25, -0.2) is 22.5 Å². The molecule has 1 fully saturated rings. The van der Waals surface area contributed by atoms with Crippen molar-refractivity contribution in [2.75, 3.05) is 23.3 Å². The number of halogens is 1. The number of sulfonamides is 1. The van der Waals surface area contributed by atoms with E-state index in [9.17, 15) is 12.8 Å². The molecule has 1 aliphatic heterocycles. The van der Waals surface area contributed by atoms with Crippen molar-refractivity contribution in [3.8, 4) is 0 Å². The van der Waals surface area contributed by atoms with Gasteiger partial charge in [-0.1, -0.05) is 25.5 Å². The quantitative estimate of drug-likeness (QED) is 0.536. The lowest BCUT2D eigenvalue weighted by atomic mass is 10.1. The first-order chi connectivity index (χ1) is 15.4. The number of aryl methyl sites for hydroxylation is 1. The summed E-state index contributed by atoms with van der Waals surface area (Å²) in [7, 11) is -3.59. The molecule has 2 heterocycles. The summed E-state index contributed by atoms with van der Waals surface area (Å²) in [5.41, 5.74) is 1.81. The molecular weight excluding hydrogens is 429 g/mol. The molecule has 0 bridgehead atoms. The van der Waals surface area contributed by atoms with Crippen molar-refractivity contribution in [2.24, 2.45) is 0 Å². The second-order valence-electron chi connectivity index (χ2n) is 7.82. The second kappa shape index (κ2) is 9.62. The molecule has 1 atom stereocenters. The number of hydrogen-bond donors (Lipinski definition) is 2. The van der Waals surface area contributed by atoms with E-state index in [-0.39, 0.29) is 16.8 Å². The molecule has 0 amide bonds. The fourth-order valence-electron chi connectivity index (χ4n) is 3.72. The van der Waals surface area contributed by atoms with E-state index >= 15 is 0 Å². The monoisotopic (exact) mass is 455 g/mol. The van der Waals surface area contributed by atoms with Gasteiger partial charge in [-0.2, -0.15) is 4.98 Å². The molecule has 3 aromatic rings. The molecule has 2 N–H and O–H groups in total. The van der Waals surface area contributed by atoms with E-state index in [1.165, 1.54) is 12.1 Å². The van der Waals surface area contributed by atoms with Crippen LogP contribution < -0.4 is 14.9 Å². The Labute approximate surface area is 187 Å². The van der Waals surface area contributed by atoms with Crippen LogP contribution in [-0.2, 0) is 16.4 Å². The highest BCUT2D eigenvalue weighted by Gasteiger charge is 2.28. The maximum atomic E-state index is 13.1. The Morgan fingerprint density at radius 3 is 2.56 bits per heavy atom. The summed E-state index contributed by atoms with van der Waals surface area (Å²) in [6, 6.07) is 14.6. The van der Waals surface area contributed by atoms with Crippen LogP contribution in [0.1, 0.15) is 25.3 Å². The second-order valence-corrected chi connectivity index (χ2v) is 9.53. The van der Waals surface area contributed by atoms with E-state index in [1.807, 2.05) is 17.0 Å². The zero-order valence-corrected chi connectivity index (χ0v) is 18.6. The first-order valence-corrected chi connectivity index (χ1v) is 12.1. The first-order valence-electron chi connectivity index (χ1n) is 10.6. The van der Waals surface area contributed by atoms with Crippen molar-refractivity contribution in [1.29, 1.82) is 0 Å². The fourth-order valence-corrected chi connectivity index (χ4v) is 4.99. The zero-order valence-electron chi connectivity index (χ0n) is 17.8. The third-order valence-electron chi connectivity index (χ3n) is 5.35. The van der Waals surface area contributed by atoms with Crippen molar-refractivity contribution in [3.05, 3.63) is 72.2 Å². The normalized spacial score (nSPS) is 16.3. The zero-order chi connectivity index (χ0) is 22.6. The van der Waals surface area contributed by atoms with E-state index in [1.54, 1.807) is 36.5 Å². The molecule has 9 heteroatoms. The largest absolute Gasteiger partial charge is 0.355 e. The summed E-state index contributed by atoms with van der Waals surface area (Å²) in [4.78, 5) is 11.0. The van der Waals surface area contributed by atoms with Crippen LogP contribution >= 0.6 is 0 Å². The van der Waals surface area contributed by atoms with Gasteiger partial charge in [0.05, 0.1) is 4.90 Å². The molecule has 1 unspecified atom stereocenters. The van der Waals surface area contributed by atoms with Crippen molar-refractivity contribution in [3.63, 3.8) is 0 Å². The molecular formula is C23H26FN5O2S. The van der Waals surface area contributed by atoms with Gasteiger partial charge in [0.1, 0.15) is 11.6 Å². The predicted octanol–water partition coefficient (Wildman–Crippen LogP) is 3.87. The summed E-state index contributed by atoms with van der Waals surface area (Å²) >= 11 is 0. The molecule has 32 heavy (non-hydrogen) atoms. The lowest BCUT2D eigenvalue weighted by molar-refractivity contribution is 0.561. The molecule has 4 rings (SSSR count). The topological polar surface area (TPSA) is 87.2 Å². The Balaban J connectivity index is 1.39. The Morgan fingerprint density at radius 2 is 1.84 bits per heavy atom. The lowest BCUT2D eigenvalue weighted by Crippen LogP contribution is -2.37. The Hall–Kier alpha value is -3.04. The van der Waals surface area contributed by atoms with Crippen LogP contribution in [0.15, 0.2) is 65.7 Å². The maximum absolute atomic E-state index is 13.1. The average Bonchev–Trinajstić information content (AvgIpc) is 3.24. The number of aromatic nitrogens is 2. The number of nitrogens with zero attached hydrogens (tertiary/aromatic N) is 3. The SMILES string of the molecule is CCCc1ccc(S(=O)(=O)NC2CCN(c3ccnc(Nc4ccc(F)cc4)n3)C2)cc1. The van der Waals surface area contributed by atoms with Gasteiger partial charge in [0.2, 0.25) is 16.0 Å². The highest BCUT2D eigenvalue weighted by atomic mass is 32.2. The maximum Gasteiger partial charge on any atom is 0.240 e. The molecule has 0 saturated carbocycles. The molecule has 2 aromatic carbocycles. The van der Waals surface area contributed by atoms with Crippen molar-refractivity contribution < 1.29 is 12.8 Å². The summed E-state index contributed by atoms with van der Waals surface area (Å²) in [6.45, 7) is 3.29. The molecule has 0 spiro atoms. The van der Waals surface area contributed by atoms with Crippen molar-refractivity contribution >= 4 is 27.5 Å². The smallest absolute Gasteiger partial charge is 0.240 e. The number of rotatable bonds is 8. The van der Waals surface area contributed by atoms with E-state index in [2.05, 4.69) is 26.9 Å². The summed E-state index contributed by atoms with van der Waals surface area (Å²) in [5.74, 6) is 0.785. The number of nitrogens with one attached hydrogen (secondary N) is 2. The summed E-state index contributed by atoms with van der Waals surface area (Å²) in [6.07, 6.45) is 4.27. The highest BCUT2D eigenvalue weighted by molar-refractivity contribution is 7.89. The van der Waals surface area contributed by atoms with Gasteiger partial charge in [-0.15, -0.1) is 0 Å². The fraction of sp³-hybridized carbons (Fsp3) is 0.304. The van der Waals surface area contributed by atoms with Crippen LogP contribution in [0, 0.1) is 5.82 Å². The molecule has 1 saturated heterocycles. The average molecular weight is 456 g/mol. The highest BCUT2D eigenvalue weighted by Crippen LogP contribution is 2.22. The van der Waals surface area contributed by atoms with Gasteiger partial charge in [-0.05, 0) is 60.9 Å². The molecule has 168 valence electrons. The van der Waals surface area contributed by atoms with Crippen LogP contribution in [0.5, 0.6) is 0 Å². The minimum atomic E-state index is -3.59.